The summed E-state index contributed by atoms with van der Waals surface area (Å²) in [6.45, 7) is 3.76. The van der Waals surface area contributed by atoms with Gasteiger partial charge in [-0.15, -0.1) is 0 Å². The maximum Gasteiger partial charge on any atom is 0.320 e. The number of sulfonamides is 1. The van der Waals surface area contributed by atoms with Crippen molar-refractivity contribution in [2.24, 2.45) is 5.73 Å². The molecular weight excluding hydrogens is 292 g/mol. The number of carboxylic acid groups (broad SMARTS) is 1. The summed E-state index contributed by atoms with van der Waals surface area (Å²) in [6.07, 6.45) is 1.55. The molecule has 118 valence electrons. The van der Waals surface area contributed by atoms with E-state index in [1.807, 2.05) is 13.8 Å². The van der Waals surface area contributed by atoms with Crippen molar-refractivity contribution in [2.45, 2.75) is 39.2 Å². The van der Waals surface area contributed by atoms with Crippen molar-refractivity contribution in [1.29, 1.82) is 0 Å². The molecule has 0 radical (unpaired) electrons. The van der Waals surface area contributed by atoms with Crippen LogP contribution >= 0.6 is 0 Å². The highest BCUT2D eigenvalue weighted by Crippen LogP contribution is 2.18. The Bertz CT molecular complexity index is 599. The second-order valence-corrected chi connectivity index (χ2v) is 6.91. The van der Waals surface area contributed by atoms with Crippen LogP contribution in [0.1, 0.15) is 30.9 Å². The summed E-state index contributed by atoms with van der Waals surface area (Å²) in [5, 5.41) is 8.85. The van der Waals surface area contributed by atoms with Gasteiger partial charge in [0.15, 0.2) is 0 Å². The van der Waals surface area contributed by atoms with Gasteiger partial charge in [-0.3, -0.25) is 9.52 Å². The number of nitrogens with two attached hydrogens (primary N) is 1. The van der Waals surface area contributed by atoms with Crippen LogP contribution in [0.4, 0.5) is 5.69 Å². The van der Waals surface area contributed by atoms with E-state index in [0.717, 1.165) is 17.5 Å². The van der Waals surface area contributed by atoms with Crippen molar-refractivity contribution in [3.8, 4) is 0 Å². The zero-order valence-corrected chi connectivity index (χ0v) is 13.1. The summed E-state index contributed by atoms with van der Waals surface area (Å²) >= 11 is 0. The molecule has 0 fully saturated rings. The smallest absolute Gasteiger partial charge is 0.320 e. The van der Waals surface area contributed by atoms with Crippen LogP contribution in [0.2, 0.25) is 0 Å². The first-order valence-electron chi connectivity index (χ1n) is 6.83. The average Bonchev–Trinajstić information content (AvgIpc) is 2.40. The fraction of sp³-hybridized carbons (Fsp3) is 0.500. The van der Waals surface area contributed by atoms with E-state index in [1.165, 1.54) is 0 Å². The number of benzene rings is 1. The standard InChI is InChI=1S/C14H22N2O4S/c1-3-4-7-21(19,20)16-12-6-5-10(2)11(8-12)9-13(15)14(17)18/h5-6,8,13,16H,3-4,7,9,15H2,1-2H3,(H,17,18)/t13-/m0/s1. The lowest BCUT2D eigenvalue weighted by atomic mass is 10.0. The van der Waals surface area contributed by atoms with Gasteiger partial charge in [0, 0.05) is 5.69 Å². The van der Waals surface area contributed by atoms with Gasteiger partial charge < -0.3 is 10.8 Å². The summed E-state index contributed by atoms with van der Waals surface area (Å²) in [6, 6.07) is 4.05. The van der Waals surface area contributed by atoms with Crippen LogP contribution < -0.4 is 10.5 Å². The topological polar surface area (TPSA) is 109 Å². The molecule has 0 heterocycles. The van der Waals surface area contributed by atoms with Gasteiger partial charge in [0.2, 0.25) is 10.0 Å². The van der Waals surface area contributed by atoms with Crippen molar-refractivity contribution >= 4 is 21.7 Å². The Hall–Kier alpha value is -1.60. The second-order valence-electron chi connectivity index (χ2n) is 5.06. The third kappa shape index (κ3) is 5.73. The number of anilines is 1. The number of hydrogen-bond donors (Lipinski definition) is 3. The summed E-state index contributed by atoms with van der Waals surface area (Å²) < 4.78 is 26.2. The first-order valence-corrected chi connectivity index (χ1v) is 8.49. The summed E-state index contributed by atoms with van der Waals surface area (Å²) in [7, 11) is -3.37. The number of aliphatic carboxylic acids is 1. The van der Waals surface area contributed by atoms with Crippen molar-refractivity contribution in [1.82, 2.24) is 0 Å². The van der Waals surface area contributed by atoms with E-state index < -0.39 is 22.0 Å². The molecule has 1 atom stereocenters. The van der Waals surface area contributed by atoms with Gasteiger partial charge in [-0.1, -0.05) is 19.4 Å². The van der Waals surface area contributed by atoms with Crippen LogP contribution in [-0.2, 0) is 21.2 Å². The molecule has 1 aromatic rings. The van der Waals surface area contributed by atoms with Crippen molar-refractivity contribution in [3.05, 3.63) is 29.3 Å². The number of aryl methyl sites for hydroxylation is 1. The van der Waals surface area contributed by atoms with Crippen LogP contribution in [0.15, 0.2) is 18.2 Å². The van der Waals surface area contributed by atoms with E-state index >= 15 is 0 Å². The molecule has 0 aliphatic heterocycles. The van der Waals surface area contributed by atoms with Crippen LogP contribution in [0.5, 0.6) is 0 Å². The molecule has 7 heteroatoms. The van der Waals surface area contributed by atoms with Gasteiger partial charge in [-0.05, 0) is 43.0 Å². The maximum atomic E-state index is 11.9. The van der Waals surface area contributed by atoms with Gasteiger partial charge in [0.25, 0.3) is 0 Å². The third-order valence-electron chi connectivity index (χ3n) is 3.15. The minimum absolute atomic E-state index is 0.0708. The molecule has 0 aliphatic rings. The average molecular weight is 314 g/mol. The van der Waals surface area contributed by atoms with Crippen molar-refractivity contribution < 1.29 is 18.3 Å². The Morgan fingerprint density at radius 2 is 2.10 bits per heavy atom. The quantitative estimate of drug-likeness (QED) is 0.673. The molecule has 1 aromatic carbocycles. The normalized spacial score (nSPS) is 12.9. The molecule has 0 spiro atoms. The van der Waals surface area contributed by atoms with E-state index in [0.29, 0.717) is 12.1 Å². The lowest BCUT2D eigenvalue weighted by Crippen LogP contribution is -2.32. The Labute approximate surface area is 125 Å². The SMILES string of the molecule is CCCCS(=O)(=O)Nc1ccc(C)c(C[C@H](N)C(=O)O)c1. The Morgan fingerprint density at radius 1 is 1.43 bits per heavy atom. The molecule has 1 rings (SSSR count). The number of carboxylic acids is 1. The molecule has 0 saturated heterocycles. The summed E-state index contributed by atoms with van der Waals surface area (Å²) in [4.78, 5) is 10.8. The number of rotatable bonds is 8. The van der Waals surface area contributed by atoms with Crippen molar-refractivity contribution in [2.75, 3.05) is 10.5 Å². The van der Waals surface area contributed by atoms with Crippen LogP contribution in [-0.4, -0.2) is 31.3 Å². The fourth-order valence-electron chi connectivity index (χ4n) is 1.84. The lowest BCUT2D eigenvalue weighted by molar-refractivity contribution is -0.138. The van der Waals surface area contributed by atoms with Gasteiger partial charge in [-0.2, -0.15) is 0 Å². The van der Waals surface area contributed by atoms with Gasteiger partial charge in [-0.25, -0.2) is 8.42 Å². The predicted molar refractivity (Wildman–Crippen MR) is 82.8 cm³/mol. The van der Waals surface area contributed by atoms with E-state index in [-0.39, 0.29) is 12.2 Å². The minimum Gasteiger partial charge on any atom is -0.480 e. The molecule has 21 heavy (non-hydrogen) atoms. The largest absolute Gasteiger partial charge is 0.480 e. The fourth-order valence-corrected chi connectivity index (χ4v) is 3.10. The number of unbranched alkanes of at least 4 members (excludes halogenated alkanes) is 1. The summed E-state index contributed by atoms with van der Waals surface area (Å²) in [5.74, 6) is -1.01. The number of hydrogen-bond acceptors (Lipinski definition) is 4. The van der Waals surface area contributed by atoms with Crippen LogP contribution in [0.25, 0.3) is 0 Å². The molecule has 0 saturated carbocycles. The number of carbonyl (C=O) groups is 1. The predicted octanol–water partition coefficient (Wildman–Crippen LogP) is 1.49. The van der Waals surface area contributed by atoms with E-state index in [9.17, 15) is 13.2 Å². The van der Waals surface area contributed by atoms with E-state index in [4.69, 9.17) is 10.8 Å². The molecule has 0 amide bonds. The summed E-state index contributed by atoms with van der Waals surface area (Å²) in [5.41, 5.74) is 7.56. The zero-order chi connectivity index (χ0) is 16.0. The first-order chi connectivity index (χ1) is 9.75. The molecule has 0 unspecified atom stereocenters. The highest BCUT2D eigenvalue weighted by molar-refractivity contribution is 7.92. The van der Waals surface area contributed by atoms with Gasteiger partial charge in [0.05, 0.1) is 5.75 Å². The van der Waals surface area contributed by atoms with E-state index in [1.54, 1.807) is 18.2 Å². The molecule has 0 aliphatic carbocycles. The van der Waals surface area contributed by atoms with Gasteiger partial charge >= 0.3 is 5.97 Å². The Kier molecular flexibility index (Phi) is 6.17. The molecule has 0 bridgehead atoms. The molecule has 0 aromatic heterocycles. The van der Waals surface area contributed by atoms with Crippen LogP contribution in [0.3, 0.4) is 0 Å². The highest BCUT2D eigenvalue weighted by atomic mass is 32.2. The molecule has 6 nitrogen and oxygen atoms in total. The maximum absolute atomic E-state index is 11.9. The third-order valence-corrected chi connectivity index (χ3v) is 4.52. The van der Waals surface area contributed by atoms with E-state index in [2.05, 4.69) is 4.72 Å². The molecule has 4 N–H and O–H groups in total. The number of nitrogens with one attached hydrogen (secondary N) is 1. The highest BCUT2D eigenvalue weighted by Gasteiger charge is 2.15. The van der Waals surface area contributed by atoms with Crippen molar-refractivity contribution in [3.63, 3.8) is 0 Å². The second kappa shape index (κ2) is 7.42. The van der Waals surface area contributed by atoms with Crippen LogP contribution in [0, 0.1) is 6.92 Å². The minimum atomic E-state index is -3.37. The Morgan fingerprint density at radius 3 is 2.67 bits per heavy atom. The lowest BCUT2D eigenvalue weighted by Gasteiger charge is -2.13. The zero-order valence-electron chi connectivity index (χ0n) is 12.3. The van der Waals surface area contributed by atoms with Gasteiger partial charge in [0.1, 0.15) is 6.04 Å². The Balaban J connectivity index is 2.89. The monoisotopic (exact) mass is 314 g/mol. The molecular formula is C14H22N2O4S. The first kappa shape index (κ1) is 17.5.